The van der Waals surface area contributed by atoms with Gasteiger partial charge in [-0.3, -0.25) is 9.10 Å². The van der Waals surface area contributed by atoms with E-state index in [9.17, 15) is 26.4 Å². The zero-order valence-electron chi connectivity index (χ0n) is 18.6. The van der Waals surface area contributed by atoms with Crippen molar-refractivity contribution in [3.63, 3.8) is 0 Å². The first kappa shape index (κ1) is 26.8. The van der Waals surface area contributed by atoms with Crippen LogP contribution in [0.1, 0.15) is 37.8 Å². The Hall–Kier alpha value is -2.46. The van der Waals surface area contributed by atoms with Crippen LogP contribution in [-0.4, -0.2) is 39.8 Å². The zero-order chi connectivity index (χ0) is 25.0. The highest BCUT2D eigenvalue weighted by molar-refractivity contribution is 7.92. The van der Waals surface area contributed by atoms with Crippen molar-refractivity contribution < 1.29 is 31.1 Å². The van der Waals surface area contributed by atoms with Crippen LogP contribution in [-0.2, 0) is 21.0 Å². The summed E-state index contributed by atoms with van der Waals surface area (Å²) in [4.78, 5) is 12.6. The van der Waals surface area contributed by atoms with Crippen molar-refractivity contribution in [1.29, 1.82) is 0 Å². The lowest BCUT2D eigenvalue weighted by Crippen LogP contribution is -2.48. The van der Waals surface area contributed by atoms with Gasteiger partial charge >= 0.3 is 6.18 Å². The fourth-order valence-electron chi connectivity index (χ4n) is 3.25. The number of sulfonamides is 1. The Morgan fingerprint density at radius 1 is 1.15 bits per heavy atom. The number of halogens is 4. The lowest BCUT2D eigenvalue weighted by Gasteiger charge is -2.29. The second-order valence-electron chi connectivity index (χ2n) is 7.73. The van der Waals surface area contributed by atoms with Crippen LogP contribution in [0.5, 0.6) is 5.75 Å². The van der Waals surface area contributed by atoms with Gasteiger partial charge in [-0.2, -0.15) is 13.2 Å². The molecule has 1 N–H and O–H groups in total. The number of nitrogens with zero attached hydrogens (tertiary/aromatic N) is 1. The van der Waals surface area contributed by atoms with Crippen molar-refractivity contribution in [2.24, 2.45) is 0 Å². The number of amides is 1. The van der Waals surface area contributed by atoms with Crippen LogP contribution in [0.25, 0.3) is 0 Å². The summed E-state index contributed by atoms with van der Waals surface area (Å²) in [5, 5.41) is 1.99. The Morgan fingerprint density at radius 3 is 2.36 bits per heavy atom. The largest absolute Gasteiger partial charge is 0.491 e. The van der Waals surface area contributed by atoms with Gasteiger partial charge in [-0.15, -0.1) is 0 Å². The maximum Gasteiger partial charge on any atom is 0.417 e. The topological polar surface area (TPSA) is 75.7 Å². The van der Waals surface area contributed by atoms with Crippen LogP contribution in [0.4, 0.5) is 18.9 Å². The van der Waals surface area contributed by atoms with Crippen molar-refractivity contribution in [2.45, 2.75) is 38.9 Å². The molecule has 2 rings (SSSR count). The number of benzene rings is 2. The molecule has 0 unspecified atom stereocenters. The Morgan fingerprint density at radius 2 is 1.79 bits per heavy atom. The minimum atomic E-state index is -4.79. The van der Waals surface area contributed by atoms with E-state index in [1.165, 1.54) is 6.92 Å². The van der Waals surface area contributed by atoms with Crippen LogP contribution in [0.15, 0.2) is 42.5 Å². The number of ether oxygens (including phenoxy) is 1. The van der Waals surface area contributed by atoms with Crippen LogP contribution in [0.2, 0.25) is 5.02 Å². The average molecular weight is 507 g/mol. The fourth-order valence-corrected chi connectivity index (χ4v) is 4.64. The van der Waals surface area contributed by atoms with Crippen molar-refractivity contribution in [3.05, 3.63) is 58.6 Å². The lowest BCUT2D eigenvalue weighted by atomic mass is 10.0. The second-order valence-corrected chi connectivity index (χ2v) is 10.00. The van der Waals surface area contributed by atoms with Crippen LogP contribution >= 0.6 is 11.6 Å². The number of anilines is 1. The molecule has 0 saturated heterocycles. The summed E-state index contributed by atoms with van der Waals surface area (Å²) in [7, 11) is -4.10. The van der Waals surface area contributed by atoms with Crippen LogP contribution < -0.4 is 14.4 Å². The molecular formula is C22H26ClF3N2O4S. The van der Waals surface area contributed by atoms with Gasteiger partial charge in [-0.05, 0) is 42.7 Å². The third-order valence-electron chi connectivity index (χ3n) is 4.80. The lowest BCUT2D eigenvalue weighted by molar-refractivity contribution is -0.137. The van der Waals surface area contributed by atoms with Crippen molar-refractivity contribution >= 4 is 33.2 Å². The first-order valence-corrected chi connectivity index (χ1v) is 12.3. The summed E-state index contributed by atoms with van der Waals surface area (Å²) in [6.45, 7) is 5.52. The quantitative estimate of drug-likeness (QED) is 0.494. The molecule has 0 aromatic heterocycles. The number of nitrogens with one attached hydrogen (secondary N) is 1. The summed E-state index contributed by atoms with van der Waals surface area (Å²) in [6.07, 6.45) is -3.98. The molecule has 0 bridgehead atoms. The van der Waals surface area contributed by atoms with E-state index >= 15 is 0 Å². The molecular weight excluding hydrogens is 481 g/mol. The van der Waals surface area contributed by atoms with E-state index in [1.807, 2.05) is 38.1 Å². The Bertz CT molecular complexity index is 1090. The molecule has 0 spiro atoms. The van der Waals surface area contributed by atoms with Gasteiger partial charge in [0.25, 0.3) is 0 Å². The molecule has 0 fully saturated rings. The third-order valence-corrected chi connectivity index (χ3v) is 6.37. The number of hydrogen-bond acceptors (Lipinski definition) is 4. The number of rotatable bonds is 9. The molecule has 0 heterocycles. The van der Waals surface area contributed by atoms with E-state index in [0.29, 0.717) is 16.1 Å². The average Bonchev–Trinajstić information content (AvgIpc) is 2.70. The molecule has 1 atom stereocenters. The van der Waals surface area contributed by atoms with E-state index in [0.717, 1.165) is 24.0 Å². The normalized spacial score (nSPS) is 13.0. The fraction of sp³-hybridized carbons (Fsp3) is 0.409. The van der Waals surface area contributed by atoms with Gasteiger partial charge in [0.15, 0.2) is 0 Å². The van der Waals surface area contributed by atoms with E-state index in [4.69, 9.17) is 16.3 Å². The maximum atomic E-state index is 13.2. The zero-order valence-corrected chi connectivity index (χ0v) is 20.2. The predicted octanol–water partition coefficient (Wildman–Crippen LogP) is 4.83. The number of alkyl halides is 3. The van der Waals surface area contributed by atoms with Gasteiger partial charge in [0, 0.05) is 0 Å². The van der Waals surface area contributed by atoms with Crippen molar-refractivity contribution in [3.8, 4) is 5.75 Å². The van der Waals surface area contributed by atoms with E-state index < -0.39 is 38.7 Å². The minimum absolute atomic E-state index is 0.0711. The van der Waals surface area contributed by atoms with Gasteiger partial charge < -0.3 is 10.1 Å². The highest BCUT2D eigenvalue weighted by Crippen LogP contribution is 2.37. The van der Waals surface area contributed by atoms with Gasteiger partial charge in [0.05, 0.1) is 29.1 Å². The SMILES string of the molecule is CC(C)c1ccccc1OCCNC(=O)[C@@H](C)N(c1ccc(Cl)c(C(F)(F)F)c1)S(C)(=O)=O. The molecule has 2 aromatic carbocycles. The third kappa shape index (κ3) is 7.01. The second kappa shape index (κ2) is 10.6. The van der Waals surface area contributed by atoms with Gasteiger partial charge in [0.2, 0.25) is 15.9 Å². The molecule has 33 heavy (non-hydrogen) atoms. The minimum Gasteiger partial charge on any atom is -0.491 e. The molecule has 0 saturated carbocycles. The highest BCUT2D eigenvalue weighted by Gasteiger charge is 2.36. The predicted molar refractivity (Wildman–Crippen MR) is 122 cm³/mol. The van der Waals surface area contributed by atoms with E-state index in [2.05, 4.69) is 5.32 Å². The van der Waals surface area contributed by atoms with Gasteiger partial charge in [-0.25, -0.2) is 8.42 Å². The van der Waals surface area contributed by atoms with E-state index in [1.54, 1.807) is 0 Å². The summed E-state index contributed by atoms with van der Waals surface area (Å²) in [5.41, 5.74) is -0.511. The van der Waals surface area contributed by atoms with Crippen molar-refractivity contribution in [1.82, 2.24) is 5.32 Å². The van der Waals surface area contributed by atoms with Gasteiger partial charge in [-0.1, -0.05) is 43.6 Å². The maximum absolute atomic E-state index is 13.2. The van der Waals surface area contributed by atoms with E-state index in [-0.39, 0.29) is 24.8 Å². The molecule has 0 radical (unpaired) electrons. The highest BCUT2D eigenvalue weighted by atomic mass is 35.5. The summed E-state index contributed by atoms with van der Waals surface area (Å²) in [5.74, 6) is 0.221. The Balaban J connectivity index is 2.13. The molecule has 0 aliphatic carbocycles. The molecule has 2 aromatic rings. The van der Waals surface area contributed by atoms with Crippen LogP contribution in [0, 0.1) is 0 Å². The summed E-state index contributed by atoms with van der Waals surface area (Å²) < 4.78 is 70.7. The molecule has 0 aliphatic heterocycles. The number of hydrogen-bond donors (Lipinski definition) is 1. The van der Waals surface area contributed by atoms with Gasteiger partial charge in [0.1, 0.15) is 18.4 Å². The van der Waals surface area contributed by atoms with Crippen LogP contribution in [0.3, 0.4) is 0 Å². The number of carbonyl (C=O) groups excluding carboxylic acids is 1. The standard InChI is InChI=1S/C22H26ClF3N2O4S/c1-14(2)17-7-5-6-8-20(17)32-12-11-27-21(29)15(3)28(33(4,30)31)16-9-10-19(23)18(13-16)22(24,25)26/h5-10,13-15H,11-12H2,1-4H3,(H,27,29)/t15-/m1/s1. The first-order valence-electron chi connectivity index (χ1n) is 10.1. The summed E-state index contributed by atoms with van der Waals surface area (Å²) >= 11 is 5.63. The monoisotopic (exact) mass is 506 g/mol. The molecule has 0 aliphatic rings. The Labute approximate surface area is 196 Å². The smallest absolute Gasteiger partial charge is 0.417 e. The first-order chi connectivity index (χ1) is 15.2. The van der Waals surface area contributed by atoms with Crippen molar-refractivity contribution in [2.75, 3.05) is 23.7 Å². The summed E-state index contributed by atoms with van der Waals surface area (Å²) in [6, 6.07) is 8.83. The Kier molecular flexibility index (Phi) is 8.64. The molecule has 11 heteroatoms. The molecule has 6 nitrogen and oxygen atoms in total. The number of para-hydroxylation sites is 1. The molecule has 182 valence electrons. The molecule has 1 amide bonds. The number of carbonyl (C=O) groups is 1.